The third kappa shape index (κ3) is 3.72. The Labute approximate surface area is 155 Å². The van der Waals surface area contributed by atoms with E-state index in [9.17, 15) is 18.5 Å². The van der Waals surface area contributed by atoms with Crippen molar-refractivity contribution >= 4 is 61.7 Å². The second kappa shape index (κ2) is 6.46. The van der Waals surface area contributed by atoms with E-state index in [1.807, 2.05) is 0 Å². The zero-order valence-electron chi connectivity index (χ0n) is 12.1. The van der Waals surface area contributed by atoms with E-state index in [2.05, 4.69) is 9.97 Å². The van der Waals surface area contributed by atoms with Crippen LogP contribution in [0, 0.1) is 10.1 Å². The Hall–Kier alpha value is -1.85. The predicted molar refractivity (Wildman–Crippen MR) is 94.7 cm³/mol. The van der Waals surface area contributed by atoms with Crippen LogP contribution in [-0.4, -0.2) is 23.3 Å². The van der Waals surface area contributed by atoms with Crippen LogP contribution in [0.4, 0.5) is 5.69 Å². The maximum Gasteiger partial charge on any atom is 0.284 e. The van der Waals surface area contributed by atoms with Crippen LogP contribution < -0.4 is 5.14 Å². The fourth-order valence-electron chi connectivity index (χ4n) is 2.08. The summed E-state index contributed by atoms with van der Waals surface area (Å²) >= 11 is 12.9. The van der Waals surface area contributed by atoms with Gasteiger partial charge >= 0.3 is 0 Å². The van der Waals surface area contributed by atoms with E-state index in [-0.39, 0.29) is 9.79 Å². The van der Waals surface area contributed by atoms with Crippen molar-refractivity contribution in [1.82, 2.24) is 9.97 Å². The minimum Gasteiger partial charge on any atom is -0.333 e. The van der Waals surface area contributed by atoms with Gasteiger partial charge in [0.2, 0.25) is 10.0 Å². The van der Waals surface area contributed by atoms with Crippen LogP contribution in [0.15, 0.2) is 45.3 Å². The van der Waals surface area contributed by atoms with Crippen LogP contribution in [0.3, 0.4) is 0 Å². The minimum atomic E-state index is -4.05. The van der Waals surface area contributed by atoms with Crippen molar-refractivity contribution in [2.24, 2.45) is 5.14 Å². The second-order valence-corrected chi connectivity index (χ2v) is 8.30. The molecular weight excluding hydrogens is 411 g/mol. The number of imidazole rings is 1. The van der Waals surface area contributed by atoms with E-state index in [0.29, 0.717) is 26.2 Å². The van der Waals surface area contributed by atoms with Crippen molar-refractivity contribution in [3.8, 4) is 0 Å². The molecule has 0 radical (unpaired) electrons. The van der Waals surface area contributed by atoms with Gasteiger partial charge in [-0.3, -0.25) is 10.1 Å². The van der Waals surface area contributed by atoms with Gasteiger partial charge in [0.15, 0.2) is 5.16 Å². The highest BCUT2D eigenvalue weighted by molar-refractivity contribution is 7.99. The predicted octanol–water partition coefficient (Wildman–Crippen LogP) is 3.58. The number of primary sulfonamides is 1. The van der Waals surface area contributed by atoms with Gasteiger partial charge in [-0.25, -0.2) is 18.5 Å². The highest BCUT2D eigenvalue weighted by Crippen LogP contribution is 2.36. The van der Waals surface area contributed by atoms with Gasteiger partial charge in [0, 0.05) is 11.1 Å². The van der Waals surface area contributed by atoms with Crippen molar-refractivity contribution in [3.05, 3.63) is 50.5 Å². The number of aromatic nitrogens is 2. The number of nitro groups is 1. The Balaban J connectivity index is 2.06. The van der Waals surface area contributed by atoms with Crippen LogP contribution in [0.1, 0.15) is 0 Å². The molecule has 2 aromatic carbocycles. The Kier molecular flexibility index (Phi) is 4.64. The molecule has 0 aliphatic carbocycles. The zero-order valence-corrected chi connectivity index (χ0v) is 15.2. The Morgan fingerprint density at radius 1 is 1.24 bits per heavy atom. The molecule has 0 atom stereocenters. The molecule has 3 rings (SSSR count). The molecule has 0 amide bonds. The molecule has 0 saturated heterocycles. The number of nitrogens with two attached hydrogens (primary N) is 1. The number of H-pyrrole nitrogens is 1. The number of halogens is 2. The van der Waals surface area contributed by atoms with Crippen molar-refractivity contribution in [2.45, 2.75) is 14.9 Å². The number of hydrogen-bond acceptors (Lipinski definition) is 6. The number of nitrogens with one attached hydrogen (secondary N) is 1. The van der Waals surface area contributed by atoms with Crippen molar-refractivity contribution in [2.75, 3.05) is 0 Å². The number of sulfonamides is 1. The van der Waals surface area contributed by atoms with Crippen molar-refractivity contribution in [3.63, 3.8) is 0 Å². The number of nitrogens with zero attached hydrogens (tertiary/aromatic N) is 2. The molecule has 12 heteroatoms. The Morgan fingerprint density at radius 3 is 2.60 bits per heavy atom. The fourth-order valence-corrected chi connectivity index (χ4v) is 4.02. The number of benzene rings is 2. The smallest absolute Gasteiger partial charge is 0.284 e. The van der Waals surface area contributed by atoms with Gasteiger partial charge in [-0.1, -0.05) is 23.2 Å². The summed E-state index contributed by atoms with van der Waals surface area (Å²) in [6, 6.07) is 6.55. The molecule has 3 N–H and O–H groups in total. The molecule has 0 aliphatic rings. The van der Waals surface area contributed by atoms with Gasteiger partial charge in [-0.05, 0) is 36.0 Å². The molecule has 1 aromatic heterocycles. The Morgan fingerprint density at radius 2 is 1.96 bits per heavy atom. The van der Waals surface area contributed by atoms with Crippen molar-refractivity contribution in [1.29, 1.82) is 0 Å². The van der Waals surface area contributed by atoms with Gasteiger partial charge in [0.05, 0.1) is 25.3 Å². The highest BCUT2D eigenvalue weighted by atomic mass is 35.5. The lowest BCUT2D eigenvalue weighted by molar-refractivity contribution is -0.388. The van der Waals surface area contributed by atoms with Crippen LogP contribution in [0.5, 0.6) is 0 Å². The minimum absolute atomic E-state index is 0.193. The molecule has 0 spiro atoms. The monoisotopic (exact) mass is 418 g/mol. The summed E-state index contributed by atoms with van der Waals surface area (Å²) in [5, 5.41) is 17.4. The lowest BCUT2D eigenvalue weighted by atomic mass is 10.3. The summed E-state index contributed by atoms with van der Waals surface area (Å²) in [6.07, 6.45) is 0. The first kappa shape index (κ1) is 18.0. The quantitative estimate of drug-likeness (QED) is 0.491. The summed E-state index contributed by atoms with van der Waals surface area (Å²) < 4.78 is 22.7. The maximum atomic E-state index is 11.4. The number of hydrogen-bond donors (Lipinski definition) is 2. The third-order valence-corrected chi connectivity index (χ3v) is 5.51. The fraction of sp³-hybridized carbons (Fsp3) is 0. The highest BCUT2D eigenvalue weighted by Gasteiger charge is 2.21. The third-order valence-electron chi connectivity index (χ3n) is 3.15. The average Bonchev–Trinajstić information content (AvgIpc) is 2.89. The van der Waals surface area contributed by atoms with Gasteiger partial charge in [-0.2, -0.15) is 0 Å². The topological polar surface area (TPSA) is 132 Å². The van der Waals surface area contributed by atoms with E-state index in [1.54, 1.807) is 6.07 Å². The lowest BCUT2D eigenvalue weighted by Gasteiger charge is -2.03. The van der Waals surface area contributed by atoms with E-state index >= 15 is 0 Å². The summed E-state index contributed by atoms with van der Waals surface area (Å²) in [5.41, 5.74) is 0.641. The summed E-state index contributed by atoms with van der Waals surface area (Å²) in [6.45, 7) is 0. The molecule has 25 heavy (non-hydrogen) atoms. The summed E-state index contributed by atoms with van der Waals surface area (Å²) in [5.74, 6) is 0. The first-order valence-electron chi connectivity index (χ1n) is 6.49. The van der Waals surface area contributed by atoms with E-state index in [4.69, 9.17) is 28.3 Å². The first-order valence-corrected chi connectivity index (χ1v) is 9.61. The molecule has 0 aliphatic heterocycles. The standard InChI is InChI=1S/C13H8Cl2N4O4S2/c14-6-3-8(15)12-9(4-6)17-13(18-12)24-11-2-1-7(25(16,22)23)5-10(11)19(20)21/h1-5H,(H,17,18)(H2,16,22,23). The normalized spacial score (nSPS) is 11.8. The van der Waals surface area contributed by atoms with Crippen LogP contribution in [0.25, 0.3) is 11.0 Å². The maximum absolute atomic E-state index is 11.4. The molecule has 1 heterocycles. The molecule has 8 nitrogen and oxygen atoms in total. The van der Waals surface area contributed by atoms with E-state index in [1.165, 1.54) is 18.2 Å². The van der Waals surface area contributed by atoms with E-state index in [0.717, 1.165) is 17.8 Å². The van der Waals surface area contributed by atoms with Gasteiger partial charge < -0.3 is 4.98 Å². The largest absolute Gasteiger partial charge is 0.333 e. The number of rotatable bonds is 4. The molecule has 0 saturated carbocycles. The number of aromatic amines is 1. The average molecular weight is 419 g/mol. The van der Waals surface area contributed by atoms with Gasteiger partial charge in [0.25, 0.3) is 5.69 Å². The van der Waals surface area contributed by atoms with Gasteiger partial charge in [-0.15, -0.1) is 0 Å². The summed E-state index contributed by atoms with van der Waals surface area (Å²) in [4.78, 5) is 17.6. The Bertz CT molecular complexity index is 1110. The SMILES string of the molecule is NS(=O)(=O)c1ccc(Sc2nc3c(Cl)cc(Cl)cc3[nH]2)c([N+](=O)[O-])c1. The van der Waals surface area contributed by atoms with Gasteiger partial charge in [0.1, 0.15) is 5.52 Å². The molecular formula is C13H8Cl2N4O4S2. The summed E-state index contributed by atoms with van der Waals surface area (Å²) in [7, 11) is -4.05. The molecule has 0 bridgehead atoms. The zero-order chi connectivity index (χ0) is 18.4. The van der Waals surface area contributed by atoms with Crippen molar-refractivity contribution < 1.29 is 13.3 Å². The van der Waals surface area contributed by atoms with Crippen LogP contribution >= 0.6 is 35.0 Å². The molecule has 3 aromatic rings. The molecule has 0 unspecified atom stereocenters. The van der Waals surface area contributed by atoms with Crippen LogP contribution in [0.2, 0.25) is 10.0 Å². The number of fused-ring (bicyclic) bond motifs is 1. The number of nitro benzene ring substituents is 1. The first-order chi connectivity index (χ1) is 11.6. The van der Waals surface area contributed by atoms with Crippen LogP contribution in [-0.2, 0) is 10.0 Å². The second-order valence-electron chi connectivity index (χ2n) is 4.86. The van der Waals surface area contributed by atoms with E-state index < -0.39 is 20.6 Å². The molecule has 130 valence electrons. The molecule has 0 fully saturated rings. The lowest BCUT2D eigenvalue weighted by Crippen LogP contribution is -2.12.